The molecule has 0 spiro atoms. The number of anilines is 1. The second-order valence-corrected chi connectivity index (χ2v) is 6.74. The first-order valence-corrected chi connectivity index (χ1v) is 9.47. The number of aromatic nitrogens is 2. The molecular weight excluding hydrogens is 336 g/mol. The number of rotatable bonds is 4. The van der Waals surface area contributed by atoms with E-state index in [0.717, 1.165) is 55.4 Å². The Kier molecular flexibility index (Phi) is 4.92. The van der Waals surface area contributed by atoms with Crippen LogP contribution in [0.1, 0.15) is 17.3 Å². The predicted octanol–water partition coefficient (Wildman–Crippen LogP) is 3.53. The molecular formula is C22H24N4O. The summed E-state index contributed by atoms with van der Waals surface area (Å²) in [4.78, 5) is 21.5. The van der Waals surface area contributed by atoms with Crippen molar-refractivity contribution in [2.45, 2.75) is 13.5 Å². The summed E-state index contributed by atoms with van der Waals surface area (Å²) in [5, 5.41) is 0. The molecule has 1 saturated heterocycles. The van der Waals surface area contributed by atoms with Crippen molar-refractivity contribution < 1.29 is 4.79 Å². The summed E-state index contributed by atoms with van der Waals surface area (Å²) in [6.45, 7) is 6.08. The molecule has 138 valence electrons. The fraction of sp³-hybridized carbons (Fsp3) is 0.273. The Balaban J connectivity index is 1.41. The Morgan fingerprint density at radius 3 is 2.26 bits per heavy atom. The van der Waals surface area contributed by atoms with Gasteiger partial charge < -0.3 is 14.4 Å². The summed E-state index contributed by atoms with van der Waals surface area (Å²) in [6.07, 6.45) is 3.84. The average molecular weight is 360 g/mol. The fourth-order valence-corrected chi connectivity index (χ4v) is 3.56. The molecule has 2 aromatic carbocycles. The largest absolute Gasteiger partial charge is 0.339 e. The molecule has 4 rings (SSSR count). The summed E-state index contributed by atoms with van der Waals surface area (Å²) < 4.78 is 2.14. The number of hydrogen-bond donors (Lipinski definition) is 0. The van der Waals surface area contributed by atoms with E-state index in [9.17, 15) is 4.79 Å². The third kappa shape index (κ3) is 3.58. The van der Waals surface area contributed by atoms with Crippen molar-refractivity contribution in [1.82, 2.24) is 14.5 Å². The monoisotopic (exact) mass is 360 g/mol. The zero-order valence-electron chi connectivity index (χ0n) is 15.6. The van der Waals surface area contributed by atoms with Crippen molar-refractivity contribution in [3.05, 3.63) is 72.6 Å². The molecule has 0 saturated carbocycles. The van der Waals surface area contributed by atoms with E-state index in [2.05, 4.69) is 33.5 Å². The summed E-state index contributed by atoms with van der Waals surface area (Å²) in [6, 6.07) is 18.1. The number of benzene rings is 2. The second-order valence-electron chi connectivity index (χ2n) is 6.74. The molecule has 0 atom stereocenters. The molecule has 1 amide bonds. The number of nitrogens with zero attached hydrogens (tertiary/aromatic N) is 4. The molecule has 1 fully saturated rings. The third-order valence-corrected chi connectivity index (χ3v) is 5.12. The number of amides is 1. The highest BCUT2D eigenvalue weighted by molar-refractivity contribution is 5.94. The quantitative estimate of drug-likeness (QED) is 0.715. The van der Waals surface area contributed by atoms with Crippen LogP contribution in [0, 0.1) is 0 Å². The van der Waals surface area contributed by atoms with Crippen molar-refractivity contribution >= 4 is 11.9 Å². The summed E-state index contributed by atoms with van der Waals surface area (Å²) in [7, 11) is 0. The van der Waals surface area contributed by atoms with Crippen molar-refractivity contribution in [2.75, 3.05) is 31.1 Å². The molecule has 1 aliphatic rings. The van der Waals surface area contributed by atoms with E-state index < -0.39 is 0 Å². The van der Waals surface area contributed by atoms with Crippen LogP contribution in [-0.4, -0.2) is 46.5 Å². The highest BCUT2D eigenvalue weighted by Gasteiger charge is 2.24. The molecule has 0 aliphatic carbocycles. The van der Waals surface area contributed by atoms with E-state index in [1.54, 1.807) is 0 Å². The fourth-order valence-electron chi connectivity index (χ4n) is 3.56. The highest BCUT2D eigenvalue weighted by atomic mass is 16.2. The van der Waals surface area contributed by atoms with Crippen LogP contribution in [0.2, 0.25) is 0 Å². The van der Waals surface area contributed by atoms with Gasteiger partial charge in [0.1, 0.15) is 0 Å². The molecule has 1 aromatic heterocycles. The lowest BCUT2D eigenvalue weighted by molar-refractivity contribution is 0.0746. The summed E-state index contributed by atoms with van der Waals surface area (Å²) in [5.41, 5.74) is 3.04. The van der Waals surface area contributed by atoms with E-state index in [-0.39, 0.29) is 5.91 Å². The first-order valence-electron chi connectivity index (χ1n) is 9.47. The van der Waals surface area contributed by atoms with Crippen molar-refractivity contribution in [3.8, 4) is 11.1 Å². The van der Waals surface area contributed by atoms with Crippen LogP contribution in [-0.2, 0) is 6.54 Å². The first-order chi connectivity index (χ1) is 13.3. The Morgan fingerprint density at radius 2 is 1.59 bits per heavy atom. The van der Waals surface area contributed by atoms with Gasteiger partial charge in [-0.3, -0.25) is 4.79 Å². The van der Waals surface area contributed by atoms with Gasteiger partial charge in [-0.25, -0.2) is 4.98 Å². The lowest BCUT2D eigenvalue weighted by atomic mass is 10.0. The lowest BCUT2D eigenvalue weighted by Gasteiger charge is -2.35. The molecule has 1 aliphatic heterocycles. The van der Waals surface area contributed by atoms with Gasteiger partial charge in [0.15, 0.2) is 0 Å². The maximum Gasteiger partial charge on any atom is 0.253 e. The van der Waals surface area contributed by atoms with Crippen LogP contribution in [0.25, 0.3) is 11.1 Å². The topological polar surface area (TPSA) is 41.4 Å². The average Bonchev–Trinajstić information content (AvgIpc) is 3.23. The van der Waals surface area contributed by atoms with Gasteiger partial charge >= 0.3 is 0 Å². The number of hydrogen-bond acceptors (Lipinski definition) is 3. The highest BCUT2D eigenvalue weighted by Crippen LogP contribution is 2.21. The third-order valence-electron chi connectivity index (χ3n) is 5.12. The maximum atomic E-state index is 12.9. The Morgan fingerprint density at radius 1 is 0.926 bits per heavy atom. The normalized spacial score (nSPS) is 14.4. The first kappa shape index (κ1) is 17.3. The van der Waals surface area contributed by atoms with E-state index in [1.807, 2.05) is 59.8 Å². The number of imidazole rings is 1. The molecule has 0 bridgehead atoms. The maximum absolute atomic E-state index is 12.9. The van der Waals surface area contributed by atoms with Gasteiger partial charge in [0.05, 0.1) is 0 Å². The zero-order valence-corrected chi connectivity index (χ0v) is 15.6. The minimum Gasteiger partial charge on any atom is -0.339 e. The van der Waals surface area contributed by atoms with Gasteiger partial charge in [-0.1, -0.05) is 42.5 Å². The van der Waals surface area contributed by atoms with Crippen LogP contribution in [0.3, 0.4) is 0 Å². The SMILES string of the molecule is CCn1ccnc1N1CCN(C(=O)c2ccc(-c3ccccc3)cc2)CC1. The number of carbonyl (C=O) groups excluding carboxylic acids is 1. The Labute approximate surface area is 159 Å². The molecule has 2 heterocycles. The van der Waals surface area contributed by atoms with Gasteiger partial charge in [-0.05, 0) is 30.2 Å². The second kappa shape index (κ2) is 7.66. The zero-order chi connectivity index (χ0) is 18.6. The van der Waals surface area contributed by atoms with Gasteiger partial charge in [0, 0.05) is 50.7 Å². The standard InChI is InChI=1S/C22H24N4O/c1-2-24-13-12-23-22(24)26-16-14-25(15-17-26)21(27)20-10-8-19(9-11-20)18-6-4-3-5-7-18/h3-13H,2,14-17H2,1H3. The molecule has 5 nitrogen and oxygen atoms in total. The van der Waals surface area contributed by atoms with Gasteiger partial charge in [-0.15, -0.1) is 0 Å². The van der Waals surface area contributed by atoms with Crippen LogP contribution in [0.4, 0.5) is 5.95 Å². The number of carbonyl (C=O) groups is 1. The van der Waals surface area contributed by atoms with Crippen LogP contribution < -0.4 is 4.90 Å². The summed E-state index contributed by atoms with van der Waals surface area (Å²) >= 11 is 0. The minimum atomic E-state index is 0.105. The molecule has 0 unspecified atom stereocenters. The van der Waals surface area contributed by atoms with Gasteiger partial charge in [0.25, 0.3) is 5.91 Å². The van der Waals surface area contributed by atoms with Crippen molar-refractivity contribution in [3.63, 3.8) is 0 Å². The van der Waals surface area contributed by atoms with E-state index in [1.165, 1.54) is 0 Å². The number of piperazine rings is 1. The van der Waals surface area contributed by atoms with E-state index in [0.29, 0.717) is 0 Å². The molecule has 5 heteroatoms. The molecule has 0 radical (unpaired) electrons. The van der Waals surface area contributed by atoms with Crippen molar-refractivity contribution in [1.29, 1.82) is 0 Å². The minimum absolute atomic E-state index is 0.105. The lowest BCUT2D eigenvalue weighted by Crippen LogP contribution is -2.49. The smallest absolute Gasteiger partial charge is 0.253 e. The Bertz CT molecular complexity index is 894. The summed E-state index contributed by atoms with van der Waals surface area (Å²) in [5.74, 6) is 1.10. The van der Waals surface area contributed by atoms with Gasteiger partial charge in [-0.2, -0.15) is 0 Å². The number of aryl methyl sites for hydroxylation is 1. The van der Waals surface area contributed by atoms with E-state index in [4.69, 9.17) is 0 Å². The van der Waals surface area contributed by atoms with Gasteiger partial charge in [0.2, 0.25) is 5.95 Å². The molecule has 3 aromatic rings. The predicted molar refractivity (Wildman–Crippen MR) is 108 cm³/mol. The van der Waals surface area contributed by atoms with E-state index >= 15 is 0 Å². The van der Waals surface area contributed by atoms with Crippen LogP contribution in [0.15, 0.2) is 67.0 Å². The van der Waals surface area contributed by atoms with Crippen LogP contribution in [0.5, 0.6) is 0 Å². The van der Waals surface area contributed by atoms with Crippen molar-refractivity contribution in [2.24, 2.45) is 0 Å². The van der Waals surface area contributed by atoms with Crippen LogP contribution >= 0.6 is 0 Å². The molecule has 27 heavy (non-hydrogen) atoms. The molecule has 0 N–H and O–H groups in total. The Hall–Kier alpha value is -3.08.